The van der Waals surface area contributed by atoms with Crippen LogP contribution in [0.4, 0.5) is 0 Å². The van der Waals surface area contributed by atoms with E-state index in [4.69, 9.17) is 20.4 Å². The number of benzene rings is 1. The van der Waals surface area contributed by atoms with Crippen LogP contribution >= 0.6 is 23.4 Å². The molecule has 1 fully saturated rings. The minimum atomic E-state index is -0.284. The lowest BCUT2D eigenvalue weighted by atomic mass is 10.0. The normalized spacial score (nSPS) is 18.9. The number of rotatable bonds is 6. The van der Waals surface area contributed by atoms with Crippen molar-refractivity contribution in [2.45, 2.75) is 36.4 Å². The molecule has 0 radical (unpaired) electrons. The van der Waals surface area contributed by atoms with Gasteiger partial charge >= 0.3 is 0 Å². The Morgan fingerprint density at radius 2 is 2.03 bits per heavy atom. The van der Waals surface area contributed by atoms with Crippen molar-refractivity contribution < 1.29 is 13.6 Å². The van der Waals surface area contributed by atoms with Gasteiger partial charge in [-0.1, -0.05) is 35.5 Å². The van der Waals surface area contributed by atoms with E-state index in [1.165, 1.54) is 16.8 Å². The van der Waals surface area contributed by atoms with Crippen molar-refractivity contribution in [2.75, 3.05) is 5.75 Å². The molecule has 3 aromatic rings. The van der Waals surface area contributed by atoms with Crippen LogP contribution in [-0.2, 0) is 4.79 Å². The maximum atomic E-state index is 13.0. The van der Waals surface area contributed by atoms with Crippen molar-refractivity contribution in [3.8, 4) is 0 Å². The number of hydrogen-bond acceptors (Lipinski definition) is 7. The number of hydrazone groups is 1. The Bertz CT molecular complexity index is 1040. The molecular weight excluding hydrogens is 412 g/mol. The largest absolute Gasteiger partial charge is 0.467 e. The van der Waals surface area contributed by atoms with Gasteiger partial charge in [0.2, 0.25) is 5.89 Å². The second-order valence-corrected chi connectivity index (χ2v) is 8.36. The van der Waals surface area contributed by atoms with Crippen molar-refractivity contribution >= 4 is 35.0 Å². The minimum absolute atomic E-state index is 0.147. The summed E-state index contributed by atoms with van der Waals surface area (Å²) in [5.41, 5.74) is 1.75. The highest BCUT2D eigenvalue weighted by Gasteiger charge is 2.35. The molecule has 9 heteroatoms. The molecular formula is C20H17ClN4O3S. The van der Waals surface area contributed by atoms with Crippen LogP contribution in [0.25, 0.3) is 0 Å². The topological polar surface area (TPSA) is 84.7 Å². The van der Waals surface area contributed by atoms with Crippen LogP contribution in [0.2, 0.25) is 5.02 Å². The van der Waals surface area contributed by atoms with Crippen molar-refractivity contribution in [1.29, 1.82) is 0 Å². The zero-order valence-corrected chi connectivity index (χ0v) is 16.9. The number of carbonyl (C=O) groups excluding carboxylic acids is 1. The predicted octanol–water partition coefficient (Wildman–Crippen LogP) is 4.66. The molecule has 0 bridgehead atoms. The first-order valence-electron chi connectivity index (χ1n) is 9.32. The fourth-order valence-electron chi connectivity index (χ4n) is 3.22. The molecule has 0 spiro atoms. The van der Waals surface area contributed by atoms with Gasteiger partial charge < -0.3 is 8.83 Å². The molecule has 2 aromatic heterocycles. The van der Waals surface area contributed by atoms with Crippen LogP contribution in [0.1, 0.15) is 48.4 Å². The second-order valence-electron chi connectivity index (χ2n) is 7.00. The number of amides is 1. The molecule has 1 aliphatic carbocycles. The second kappa shape index (κ2) is 7.68. The average Bonchev–Trinajstić information content (AvgIpc) is 3.16. The molecule has 2 aliphatic rings. The van der Waals surface area contributed by atoms with Gasteiger partial charge in [-0.3, -0.25) is 4.79 Å². The smallest absolute Gasteiger partial charge is 0.277 e. The summed E-state index contributed by atoms with van der Waals surface area (Å²) in [7, 11) is 0. The molecule has 1 aromatic carbocycles. The quantitative estimate of drug-likeness (QED) is 0.530. The molecule has 0 saturated heterocycles. The lowest BCUT2D eigenvalue weighted by molar-refractivity contribution is -0.130. The minimum Gasteiger partial charge on any atom is -0.467 e. The third-order valence-corrected chi connectivity index (χ3v) is 5.94. The fourth-order valence-corrected chi connectivity index (χ4v) is 3.97. The van der Waals surface area contributed by atoms with Gasteiger partial charge in [-0.15, -0.1) is 10.2 Å². The Kier molecular flexibility index (Phi) is 4.89. The zero-order chi connectivity index (χ0) is 19.8. The highest BCUT2D eigenvalue weighted by Crippen LogP contribution is 2.40. The molecule has 0 N–H and O–H groups in total. The Morgan fingerprint density at radius 1 is 1.21 bits per heavy atom. The Balaban J connectivity index is 1.33. The molecule has 29 heavy (non-hydrogen) atoms. The molecule has 1 atom stereocenters. The molecule has 1 amide bonds. The Morgan fingerprint density at radius 3 is 2.76 bits per heavy atom. The van der Waals surface area contributed by atoms with E-state index in [9.17, 15) is 4.79 Å². The van der Waals surface area contributed by atoms with Gasteiger partial charge in [0.25, 0.3) is 11.1 Å². The van der Waals surface area contributed by atoms with Crippen LogP contribution in [0, 0.1) is 0 Å². The van der Waals surface area contributed by atoms with Gasteiger partial charge in [0.15, 0.2) is 0 Å². The predicted molar refractivity (Wildman–Crippen MR) is 108 cm³/mol. The van der Waals surface area contributed by atoms with Crippen molar-refractivity contribution in [2.24, 2.45) is 5.10 Å². The Labute approximate surface area is 176 Å². The molecule has 3 heterocycles. The van der Waals surface area contributed by atoms with E-state index in [0.29, 0.717) is 34.2 Å². The van der Waals surface area contributed by atoms with E-state index in [2.05, 4.69) is 15.3 Å². The number of thioether (sulfide) groups is 1. The standard InChI is InChI=1S/C20H17ClN4O3S/c21-14-7-5-12(6-8-14)15-10-16(17-2-1-9-27-17)25(24-15)18(26)11-29-20-23-22-19(28-20)13-3-4-13/h1-2,5-9,13,16H,3-4,10-11H2. The summed E-state index contributed by atoms with van der Waals surface area (Å²) in [4.78, 5) is 13.0. The van der Waals surface area contributed by atoms with Gasteiger partial charge in [-0.2, -0.15) is 5.10 Å². The highest BCUT2D eigenvalue weighted by atomic mass is 35.5. The number of nitrogens with zero attached hydrogens (tertiary/aromatic N) is 4. The van der Waals surface area contributed by atoms with E-state index in [0.717, 1.165) is 24.1 Å². The zero-order valence-electron chi connectivity index (χ0n) is 15.3. The lowest BCUT2D eigenvalue weighted by Gasteiger charge is -2.19. The van der Waals surface area contributed by atoms with Gasteiger partial charge in [0.1, 0.15) is 11.8 Å². The van der Waals surface area contributed by atoms with Crippen molar-refractivity contribution in [3.05, 3.63) is 64.9 Å². The summed E-state index contributed by atoms with van der Waals surface area (Å²) >= 11 is 7.22. The molecule has 1 unspecified atom stereocenters. The van der Waals surface area contributed by atoms with Gasteiger partial charge in [-0.05, 0) is 42.7 Å². The SMILES string of the molecule is O=C(CSc1nnc(C2CC2)o1)N1N=C(c2ccc(Cl)cc2)CC1c1ccco1. The molecule has 1 aliphatic heterocycles. The summed E-state index contributed by atoms with van der Waals surface area (Å²) in [5, 5.41) is 15.2. The van der Waals surface area contributed by atoms with E-state index in [1.807, 2.05) is 36.4 Å². The van der Waals surface area contributed by atoms with Crippen LogP contribution in [-0.4, -0.2) is 32.6 Å². The summed E-state index contributed by atoms with van der Waals surface area (Å²) in [5.74, 6) is 1.76. The Hall–Kier alpha value is -2.58. The molecule has 148 valence electrons. The molecule has 5 rings (SSSR count). The van der Waals surface area contributed by atoms with Crippen molar-refractivity contribution in [1.82, 2.24) is 15.2 Å². The maximum absolute atomic E-state index is 13.0. The van der Waals surface area contributed by atoms with Crippen LogP contribution in [0.3, 0.4) is 0 Å². The number of carbonyl (C=O) groups is 1. The van der Waals surface area contributed by atoms with E-state index >= 15 is 0 Å². The average molecular weight is 429 g/mol. The van der Waals surface area contributed by atoms with Crippen LogP contribution in [0.5, 0.6) is 0 Å². The van der Waals surface area contributed by atoms with Gasteiger partial charge in [-0.25, -0.2) is 5.01 Å². The summed E-state index contributed by atoms with van der Waals surface area (Å²) < 4.78 is 11.2. The summed E-state index contributed by atoms with van der Waals surface area (Å²) in [6, 6.07) is 10.8. The van der Waals surface area contributed by atoms with Crippen LogP contribution < -0.4 is 0 Å². The first-order chi connectivity index (χ1) is 14.2. The summed E-state index contributed by atoms with van der Waals surface area (Å²) in [6.45, 7) is 0. The van der Waals surface area contributed by atoms with E-state index in [-0.39, 0.29) is 17.7 Å². The first-order valence-corrected chi connectivity index (χ1v) is 10.7. The highest BCUT2D eigenvalue weighted by molar-refractivity contribution is 7.99. The third-order valence-electron chi connectivity index (χ3n) is 4.88. The third kappa shape index (κ3) is 3.95. The monoisotopic (exact) mass is 428 g/mol. The number of hydrogen-bond donors (Lipinski definition) is 0. The van der Waals surface area contributed by atoms with Gasteiger partial charge in [0, 0.05) is 17.4 Å². The maximum Gasteiger partial charge on any atom is 0.277 e. The molecule has 7 nitrogen and oxygen atoms in total. The lowest BCUT2D eigenvalue weighted by Crippen LogP contribution is -2.28. The summed E-state index contributed by atoms with van der Waals surface area (Å²) in [6.07, 6.45) is 4.35. The van der Waals surface area contributed by atoms with Crippen molar-refractivity contribution in [3.63, 3.8) is 0 Å². The molecule has 1 saturated carbocycles. The number of aromatic nitrogens is 2. The first kappa shape index (κ1) is 18.4. The number of halogens is 1. The van der Waals surface area contributed by atoms with Gasteiger partial charge in [0.05, 0.1) is 17.7 Å². The van der Waals surface area contributed by atoms with Crippen LogP contribution in [0.15, 0.2) is 61.8 Å². The van der Waals surface area contributed by atoms with E-state index < -0.39 is 0 Å². The van der Waals surface area contributed by atoms with E-state index in [1.54, 1.807) is 6.26 Å². The fraction of sp³-hybridized carbons (Fsp3) is 0.300. The number of furan rings is 1.